The van der Waals surface area contributed by atoms with Crippen LogP contribution in [0.3, 0.4) is 0 Å². The molecule has 0 spiro atoms. The minimum Gasteiger partial charge on any atom is -0.475 e. The second kappa shape index (κ2) is 8.86. The maximum atomic E-state index is 13.0. The van der Waals surface area contributed by atoms with E-state index >= 15 is 0 Å². The van der Waals surface area contributed by atoms with Crippen LogP contribution in [0.5, 0.6) is 5.88 Å². The third-order valence-corrected chi connectivity index (χ3v) is 6.18. The number of hydrogen-bond donors (Lipinski definition) is 1. The van der Waals surface area contributed by atoms with Crippen molar-refractivity contribution in [1.29, 1.82) is 0 Å². The molecule has 0 saturated heterocycles. The summed E-state index contributed by atoms with van der Waals surface area (Å²) in [6, 6.07) is 12.4. The molecule has 0 aliphatic rings. The quantitative estimate of drug-likeness (QED) is 0.569. The first-order chi connectivity index (χ1) is 13.8. The van der Waals surface area contributed by atoms with Crippen molar-refractivity contribution in [3.63, 3.8) is 0 Å². The lowest BCUT2D eigenvalue weighted by molar-refractivity contribution is 0.307. The van der Waals surface area contributed by atoms with Crippen LogP contribution in [0, 0.1) is 19.7 Å². The van der Waals surface area contributed by atoms with E-state index in [0.29, 0.717) is 21.8 Å². The molecule has 0 radical (unpaired) electrons. The molecule has 29 heavy (non-hydrogen) atoms. The maximum Gasteiger partial charge on any atom is 0.240 e. The Hall–Kier alpha value is -2.55. The largest absolute Gasteiger partial charge is 0.475 e. The van der Waals surface area contributed by atoms with Gasteiger partial charge < -0.3 is 4.74 Å². The molecule has 0 atom stereocenters. The lowest BCUT2D eigenvalue weighted by Gasteiger charge is -2.11. The van der Waals surface area contributed by atoms with Crippen LogP contribution in [-0.2, 0) is 10.0 Å². The van der Waals surface area contributed by atoms with E-state index in [9.17, 15) is 12.8 Å². The molecule has 0 aliphatic heterocycles. The third-order valence-electron chi connectivity index (χ3n) is 4.17. The Balaban J connectivity index is 1.56. The van der Waals surface area contributed by atoms with E-state index in [0.717, 1.165) is 5.56 Å². The highest BCUT2D eigenvalue weighted by Crippen LogP contribution is 2.23. The van der Waals surface area contributed by atoms with Gasteiger partial charge in [0.1, 0.15) is 12.4 Å². The fraction of sp³-hybridized carbons (Fsp3) is 0.200. The predicted octanol–water partition coefficient (Wildman–Crippen LogP) is 3.91. The number of nitrogens with zero attached hydrogens (tertiary/aromatic N) is 2. The van der Waals surface area contributed by atoms with E-state index in [1.165, 1.54) is 12.1 Å². The normalized spacial score (nSPS) is 11.4. The van der Waals surface area contributed by atoms with E-state index in [4.69, 9.17) is 16.3 Å². The maximum absolute atomic E-state index is 13.0. The van der Waals surface area contributed by atoms with Crippen LogP contribution >= 0.6 is 11.6 Å². The Kier molecular flexibility index (Phi) is 6.46. The van der Waals surface area contributed by atoms with E-state index in [1.54, 1.807) is 50.2 Å². The summed E-state index contributed by atoms with van der Waals surface area (Å²) < 4.78 is 45.9. The van der Waals surface area contributed by atoms with Crippen LogP contribution < -0.4 is 9.46 Å². The number of benzene rings is 2. The fourth-order valence-electron chi connectivity index (χ4n) is 2.62. The number of aromatic nitrogens is 2. The SMILES string of the molecule is Cc1cc(S(=O)(=O)NCCOc2ccc(-c3ccc(F)cc3)nn2)c(C)cc1Cl. The number of aryl methyl sites for hydroxylation is 2. The smallest absolute Gasteiger partial charge is 0.240 e. The number of ether oxygens (including phenoxy) is 1. The Morgan fingerprint density at radius 2 is 1.76 bits per heavy atom. The average molecular weight is 436 g/mol. The molecular formula is C20H19ClFN3O3S. The van der Waals surface area contributed by atoms with E-state index in [1.807, 2.05) is 0 Å². The highest BCUT2D eigenvalue weighted by atomic mass is 35.5. The van der Waals surface area contributed by atoms with Gasteiger partial charge >= 0.3 is 0 Å². The molecule has 6 nitrogen and oxygen atoms in total. The van der Waals surface area contributed by atoms with Crippen molar-refractivity contribution >= 4 is 21.6 Å². The summed E-state index contributed by atoms with van der Waals surface area (Å²) in [5.74, 6) is -0.0679. The topological polar surface area (TPSA) is 81.2 Å². The zero-order chi connectivity index (χ0) is 21.0. The molecule has 1 aromatic heterocycles. The van der Waals surface area contributed by atoms with Crippen LogP contribution in [-0.4, -0.2) is 31.8 Å². The summed E-state index contributed by atoms with van der Waals surface area (Å²) in [5, 5.41) is 8.50. The Morgan fingerprint density at radius 3 is 2.41 bits per heavy atom. The molecule has 3 aromatic rings. The molecule has 1 N–H and O–H groups in total. The average Bonchev–Trinajstić information content (AvgIpc) is 2.69. The van der Waals surface area contributed by atoms with Crippen LogP contribution in [0.1, 0.15) is 11.1 Å². The first-order valence-electron chi connectivity index (χ1n) is 8.75. The molecule has 3 rings (SSSR count). The van der Waals surface area contributed by atoms with Crippen molar-refractivity contribution in [1.82, 2.24) is 14.9 Å². The van der Waals surface area contributed by atoms with Crippen molar-refractivity contribution in [2.24, 2.45) is 0 Å². The summed E-state index contributed by atoms with van der Waals surface area (Å²) in [4.78, 5) is 0.183. The monoisotopic (exact) mass is 435 g/mol. The van der Waals surface area contributed by atoms with E-state index in [2.05, 4.69) is 14.9 Å². The summed E-state index contributed by atoms with van der Waals surface area (Å²) in [6.07, 6.45) is 0. The molecule has 0 saturated carbocycles. The van der Waals surface area contributed by atoms with E-state index < -0.39 is 10.0 Å². The second-order valence-corrected chi connectivity index (χ2v) is 8.52. The minimum atomic E-state index is -3.69. The van der Waals surface area contributed by atoms with Crippen molar-refractivity contribution in [3.8, 4) is 17.1 Å². The second-order valence-electron chi connectivity index (χ2n) is 6.38. The molecule has 1 heterocycles. The molecule has 0 unspecified atom stereocenters. The van der Waals surface area contributed by atoms with Gasteiger partial charge in [-0.3, -0.25) is 0 Å². The van der Waals surface area contributed by atoms with Crippen LogP contribution in [0.15, 0.2) is 53.4 Å². The van der Waals surface area contributed by atoms with Gasteiger partial charge in [0.05, 0.1) is 10.6 Å². The Morgan fingerprint density at radius 1 is 1.03 bits per heavy atom. The highest BCUT2D eigenvalue weighted by Gasteiger charge is 2.17. The minimum absolute atomic E-state index is 0.0604. The van der Waals surface area contributed by atoms with Crippen molar-refractivity contribution in [3.05, 3.63) is 70.5 Å². The first-order valence-corrected chi connectivity index (χ1v) is 10.6. The standard InChI is InChI=1S/C20H19ClFN3O3S/c1-13-12-19(14(2)11-17(13)21)29(26,27)23-9-10-28-20-8-7-18(24-25-20)15-3-5-16(22)6-4-15/h3-8,11-12,23H,9-10H2,1-2H3. The van der Waals surface area contributed by atoms with Gasteiger partial charge in [-0.15, -0.1) is 10.2 Å². The van der Waals surface area contributed by atoms with E-state index in [-0.39, 0.29) is 29.7 Å². The molecular weight excluding hydrogens is 417 g/mol. The summed E-state index contributed by atoms with van der Waals surface area (Å²) in [7, 11) is -3.69. The van der Waals surface area contributed by atoms with Gasteiger partial charge in [0, 0.05) is 23.2 Å². The number of hydrogen-bond acceptors (Lipinski definition) is 5. The Labute approximate surface area is 173 Å². The number of halogens is 2. The molecule has 0 amide bonds. The van der Waals surface area contributed by atoms with Crippen LogP contribution in [0.25, 0.3) is 11.3 Å². The van der Waals surface area contributed by atoms with Gasteiger partial charge in [0.2, 0.25) is 15.9 Å². The van der Waals surface area contributed by atoms with Crippen LogP contribution in [0.4, 0.5) is 4.39 Å². The van der Waals surface area contributed by atoms with Gasteiger partial charge in [-0.25, -0.2) is 17.5 Å². The highest BCUT2D eigenvalue weighted by molar-refractivity contribution is 7.89. The van der Waals surface area contributed by atoms with Crippen molar-refractivity contribution in [2.75, 3.05) is 13.2 Å². The Bertz CT molecular complexity index is 1110. The van der Waals surface area contributed by atoms with Crippen molar-refractivity contribution in [2.45, 2.75) is 18.7 Å². The molecule has 0 aliphatic carbocycles. The summed E-state index contributed by atoms with van der Waals surface area (Å²) >= 11 is 6.02. The molecule has 2 aromatic carbocycles. The van der Waals surface area contributed by atoms with Gasteiger partial charge in [0.25, 0.3) is 0 Å². The molecule has 9 heteroatoms. The van der Waals surface area contributed by atoms with Gasteiger partial charge in [0.15, 0.2) is 0 Å². The lowest BCUT2D eigenvalue weighted by atomic mass is 10.1. The van der Waals surface area contributed by atoms with Gasteiger partial charge in [-0.2, -0.15) is 0 Å². The zero-order valence-electron chi connectivity index (χ0n) is 15.8. The molecule has 0 fully saturated rings. The first kappa shape index (κ1) is 21.2. The van der Waals surface area contributed by atoms with Crippen molar-refractivity contribution < 1.29 is 17.5 Å². The zero-order valence-corrected chi connectivity index (χ0v) is 17.4. The van der Waals surface area contributed by atoms with Gasteiger partial charge in [-0.05, 0) is 67.4 Å². The molecule has 0 bridgehead atoms. The van der Waals surface area contributed by atoms with Crippen LogP contribution in [0.2, 0.25) is 5.02 Å². The number of rotatable bonds is 7. The fourth-order valence-corrected chi connectivity index (χ4v) is 4.17. The predicted molar refractivity (Wildman–Crippen MR) is 109 cm³/mol. The summed E-state index contributed by atoms with van der Waals surface area (Å²) in [6.45, 7) is 3.58. The lowest BCUT2D eigenvalue weighted by Crippen LogP contribution is -2.29. The number of sulfonamides is 1. The molecule has 152 valence electrons. The number of nitrogens with one attached hydrogen (secondary N) is 1. The summed E-state index contributed by atoms with van der Waals surface area (Å²) in [5.41, 5.74) is 2.56. The van der Waals surface area contributed by atoms with Gasteiger partial charge in [-0.1, -0.05) is 11.6 Å². The third kappa shape index (κ3) is 5.29.